The van der Waals surface area contributed by atoms with Crippen LogP contribution < -0.4 is 0 Å². The summed E-state index contributed by atoms with van der Waals surface area (Å²) < 4.78 is 10.4. The molecule has 0 saturated heterocycles. The first-order valence-corrected chi connectivity index (χ1v) is 5.72. The van der Waals surface area contributed by atoms with Gasteiger partial charge in [-0.05, 0) is 42.3 Å². The van der Waals surface area contributed by atoms with Crippen LogP contribution in [-0.4, -0.2) is 29.8 Å². The molecule has 0 aromatic heterocycles. The third-order valence-corrected chi connectivity index (χ3v) is 2.96. The van der Waals surface area contributed by atoms with Gasteiger partial charge in [0.25, 0.3) is 10.5 Å². The Morgan fingerprint density at radius 3 is 2.53 bits per heavy atom. The maximum absolute atomic E-state index is 11.4. The van der Waals surface area contributed by atoms with Gasteiger partial charge in [-0.2, -0.15) is 0 Å². The lowest BCUT2D eigenvalue weighted by atomic mass is 9.91. The molecule has 0 spiro atoms. The first-order chi connectivity index (χ1) is 7.96. The van der Waals surface area contributed by atoms with Crippen molar-refractivity contribution < 1.29 is 19.1 Å². The van der Waals surface area contributed by atoms with E-state index >= 15 is 0 Å². The van der Waals surface area contributed by atoms with E-state index in [9.17, 15) is 9.59 Å². The Bertz CT molecular complexity index is 400. The zero-order chi connectivity index (χ0) is 13.1. The predicted octanol–water partition coefficient (Wildman–Crippen LogP) is 2.15. The Morgan fingerprint density at radius 1 is 1.47 bits per heavy atom. The number of ether oxygens (including phenoxy) is 2. The number of rotatable bonds is 5. The predicted molar refractivity (Wildman–Crippen MR) is 63.9 cm³/mol. The molecule has 1 atom stereocenters. The molecule has 1 aliphatic rings. The summed E-state index contributed by atoms with van der Waals surface area (Å²) in [6, 6.07) is 0. The fourth-order valence-electron chi connectivity index (χ4n) is 1.61. The normalized spacial score (nSPS) is 23.8. The maximum Gasteiger partial charge on any atom is 0.258 e. The van der Waals surface area contributed by atoms with E-state index in [1.54, 1.807) is 6.92 Å². The number of hydrogen-bond acceptors (Lipinski definition) is 4. The second kappa shape index (κ2) is 5.67. The zero-order valence-electron chi connectivity index (χ0n) is 9.46. The molecular weight excluding hydrogens is 267 g/mol. The molecule has 1 aliphatic carbocycles. The van der Waals surface area contributed by atoms with Gasteiger partial charge in [0.1, 0.15) is 5.76 Å². The second-order valence-electron chi connectivity index (χ2n) is 3.42. The van der Waals surface area contributed by atoms with Crippen LogP contribution in [0.2, 0.25) is 0 Å². The van der Waals surface area contributed by atoms with Gasteiger partial charge < -0.3 is 9.47 Å². The van der Waals surface area contributed by atoms with Crippen molar-refractivity contribution in [1.29, 1.82) is 0 Å². The number of hydrogen-bond donors (Lipinski definition) is 0. The molecule has 0 saturated carbocycles. The molecule has 0 aromatic carbocycles. The molecule has 0 bridgehead atoms. The minimum absolute atomic E-state index is 0.0595. The van der Waals surface area contributed by atoms with Crippen molar-refractivity contribution in [1.82, 2.24) is 0 Å². The summed E-state index contributed by atoms with van der Waals surface area (Å²) in [7, 11) is 1.39. The van der Waals surface area contributed by atoms with E-state index in [-0.39, 0.29) is 17.8 Å². The average molecular weight is 279 g/mol. The Morgan fingerprint density at radius 2 is 2.12 bits per heavy atom. The minimum Gasteiger partial charge on any atom is -0.500 e. The van der Waals surface area contributed by atoms with Gasteiger partial charge >= 0.3 is 0 Å². The van der Waals surface area contributed by atoms with E-state index in [1.165, 1.54) is 19.3 Å². The van der Waals surface area contributed by atoms with Crippen LogP contribution in [0.3, 0.4) is 0 Å². The average Bonchev–Trinajstić information content (AvgIpc) is 2.28. The standard InChI is InChI=1S/C11H12Cl2O4/c1-3-17-11(10(13)15)5-4-7(9(12)14)8(6-11)16-2/h4-5H,3,6H2,1-2H3. The summed E-state index contributed by atoms with van der Waals surface area (Å²) in [5, 5.41) is -1.31. The number of allylic oxidation sites excluding steroid dienone is 2. The summed E-state index contributed by atoms with van der Waals surface area (Å²) in [4.78, 5) is 22.6. The van der Waals surface area contributed by atoms with E-state index in [1.807, 2.05) is 0 Å². The largest absolute Gasteiger partial charge is 0.500 e. The Labute approximate surface area is 109 Å². The summed E-state index contributed by atoms with van der Waals surface area (Å²) in [6.45, 7) is 2.05. The van der Waals surface area contributed by atoms with Crippen molar-refractivity contribution in [3.05, 3.63) is 23.5 Å². The SMILES string of the molecule is CCOC1(C(=O)Cl)C=CC(C(=O)Cl)=C(OC)C1. The molecule has 94 valence electrons. The van der Waals surface area contributed by atoms with Crippen LogP contribution in [-0.2, 0) is 19.1 Å². The number of carbonyl (C=O) groups excluding carboxylic acids is 2. The summed E-state index contributed by atoms with van der Waals surface area (Å²) in [5.41, 5.74) is -1.07. The molecule has 0 fully saturated rings. The van der Waals surface area contributed by atoms with Crippen LogP contribution in [0, 0.1) is 0 Å². The van der Waals surface area contributed by atoms with Crippen molar-refractivity contribution in [3.63, 3.8) is 0 Å². The zero-order valence-corrected chi connectivity index (χ0v) is 11.0. The molecule has 1 unspecified atom stereocenters. The van der Waals surface area contributed by atoms with E-state index in [4.69, 9.17) is 32.7 Å². The van der Waals surface area contributed by atoms with Crippen LogP contribution in [0.1, 0.15) is 13.3 Å². The number of methoxy groups -OCH3 is 1. The molecule has 0 aromatic rings. The van der Waals surface area contributed by atoms with Crippen LogP contribution in [0.15, 0.2) is 23.5 Å². The summed E-state index contributed by atoms with van der Waals surface area (Å²) in [6.07, 6.45) is 2.89. The Hall–Kier alpha value is -0.840. The first kappa shape index (κ1) is 14.2. The van der Waals surface area contributed by atoms with Crippen molar-refractivity contribution in [2.75, 3.05) is 13.7 Å². The van der Waals surface area contributed by atoms with E-state index < -0.39 is 16.1 Å². The van der Waals surface area contributed by atoms with Crippen LogP contribution in [0.5, 0.6) is 0 Å². The highest BCUT2D eigenvalue weighted by Crippen LogP contribution is 2.33. The fraction of sp³-hybridized carbons (Fsp3) is 0.455. The molecule has 6 heteroatoms. The van der Waals surface area contributed by atoms with Crippen LogP contribution in [0.25, 0.3) is 0 Å². The van der Waals surface area contributed by atoms with Gasteiger partial charge in [-0.3, -0.25) is 9.59 Å². The monoisotopic (exact) mass is 278 g/mol. The van der Waals surface area contributed by atoms with Crippen molar-refractivity contribution in [2.45, 2.75) is 18.9 Å². The van der Waals surface area contributed by atoms with E-state index in [0.717, 1.165) is 0 Å². The fourth-order valence-corrected chi connectivity index (χ4v) is 1.96. The lowest BCUT2D eigenvalue weighted by molar-refractivity contribution is -0.130. The number of halogens is 2. The minimum atomic E-state index is -1.28. The van der Waals surface area contributed by atoms with E-state index in [0.29, 0.717) is 6.61 Å². The molecule has 17 heavy (non-hydrogen) atoms. The molecule has 0 amide bonds. The highest BCUT2D eigenvalue weighted by atomic mass is 35.5. The lowest BCUT2D eigenvalue weighted by Gasteiger charge is -2.30. The van der Waals surface area contributed by atoms with Gasteiger partial charge in [0.05, 0.1) is 12.7 Å². The smallest absolute Gasteiger partial charge is 0.258 e. The molecule has 1 rings (SSSR count). The van der Waals surface area contributed by atoms with Crippen molar-refractivity contribution in [3.8, 4) is 0 Å². The molecule has 0 heterocycles. The molecule has 0 N–H and O–H groups in total. The molecular formula is C11H12Cl2O4. The molecule has 4 nitrogen and oxygen atoms in total. The molecule has 0 radical (unpaired) electrons. The van der Waals surface area contributed by atoms with E-state index in [2.05, 4.69) is 0 Å². The Balaban J connectivity index is 3.11. The topological polar surface area (TPSA) is 52.6 Å². The van der Waals surface area contributed by atoms with Gasteiger partial charge in [0.2, 0.25) is 0 Å². The van der Waals surface area contributed by atoms with Gasteiger partial charge in [-0.1, -0.05) is 0 Å². The summed E-state index contributed by atoms with van der Waals surface area (Å²) >= 11 is 10.9. The maximum atomic E-state index is 11.4. The quantitative estimate of drug-likeness (QED) is 0.723. The van der Waals surface area contributed by atoms with Crippen LogP contribution >= 0.6 is 23.2 Å². The third-order valence-electron chi connectivity index (χ3n) is 2.44. The lowest BCUT2D eigenvalue weighted by Crippen LogP contribution is -2.39. The van der Waals surface area contributed by atoms with Gasteiger partial charge in [0, 0.05) is 13.0 Å². The third kappa shape index (κ3) is 2.89. The van der Waals surface area contributed by atoms with Gasteiger partial charge in [-0.25, -0.2) is 0 Å². The number of carbonyl (C=O) groups is 2. The van der Waals surface area contributed by atoms with Crippen molar-refractivity contribution in [2.24, 2.45) is 0 Å². The highest BCUT2D eigenvalue weighted by Gasteiger charge is 2.40. The highest BCUT2D eigenvalue weighted by molar-refractivity contribution is 6.68. The van der Waals surface area contributed by atoms with Gasteiger partial charge in [-0.15, -0.1) is 0 Å². The van der Waals surface area contributed by atoms with Crippen LogP contribution in [0.4, 0.5) is 0 Å². The Kier molecular flexibility index (Phi) is 4.74. The van der Waals surface area contributed by atoms with Crippen molar-refractivity contribution >= 4 is 33.7 Å². The second-order valence-corrected chi connectivity index (χ2v) is 4.11. The first-order valence-electron chi connectivity index (χ1n) is 4.97. The summed E-state index contributed by atoms with van der Waals surface area (Å²) in [5.74, 6) is 0.287. The molecule has 0 aliphatic heterocycles. The van der Waals surface area contributed by atoms with Gasteiger partial charge in [0.15, 0.2) is 5.60 Å².